The number of hydrogen-bond acceptors (Lipinski definition) is 4. The SMILES string of the molecule is Cc1c(C)c(C)c2c(c1C)c(C1=C(O)C(=O)C(c3c(C)n(C)c4c(C)c(C)c(C)c(C)c34)=C(O)C1=O)c(C)n2C. The first kappa shape index (κ1) is 27.5. The number of carbonyl (C=O) groups is 2. The number of aryl methyl sites for hydroxylation is 6. The standard InChI is InChI=1S/C34H38N2O4/c1-13-15(3)19(7)29-23(17(13)5)25(21(9)35(29)11)27-31(37)33(39)28(34(40)32(27)38)26-22(10)36(12)30-20(8)16(4)14(2)18(6)24(26)30/h37,40H,1-12H3. The molecule has 6 nitrogen and oxygen atoms in total. The Balaban J connectivity index is 1.86. The van der Waals surface area contributed by atoms with Crippen LogP contribution in [-0.2, 0) is 23.7 Å². The molecule has 0 unspecified atom stereocenters. The molecule has 2 aromatic carbocycles. The molecule has 0 atom stereocenters. The highest BCUT2D eigenvalue weighted by atomic mass is 16.3. The second-order valence-electron chi connectivity index (χ2n) is 11.6. The molecule has 2 aromatic heterocycles. The Kier molecular flexibility index (Phi) is 6.00. The van der Waals surface area contributed by atoms with Gasteiger partial charge in [0.15, 0.2) is 11.5 Å². The number of nitrogens with zero attached hydrogens (tertiary/aromatic N) is 2. The number of ketones is 2. The van der Waals surface area contributed by atoms with E-state index in [1.165, 1.54) is 0 Å². The maximum Gasteiger partial charge on any atom is 0.232 e. The maximum atomic E-state index is 14.1. The largest absolute Gasteiger partial charge is 0.504 e. The van der Waals surface area contributed by atoms with Crippen LogP contribution in [0.25, 0.3) is 33.0 Å². The van der Waals surface area contributed by atoms with Crippen LogP contribution in [0.15, 0.2) is 11.5 Å². The van der Waals surface area contributed by atoms with Crippen LogP contribution in [0.4, 0.5) is 0 Å². The summed E-state index contributed by atoms with van der Waals surface area (Å²) in [5.41, 5.74) is 12.7. The molecule has 6 heteroatoms. The average Bonchev–Trinajstić information content (AvgIpc) is 3.33. The molecule has 2 N–H and O–H groups in total. The number of aliphatic hydroxyl groups is 2. The maximum absolute atomic E-state index is 14.1. The van der Waals surface area contributed by atoms with Gasteiger partial charge in [-0.2, -0.15) is 0 Å². The van der Waals surface area contributed by atoms with Crippen LogP contribution >= 0.6 is 0 Å². The molecule has 5 rings (SSSR count). The number of allylic oxidation sites excluding steroid dienone is 2. The molecule has 208 valence electrons. The number of aromatic nitrogens is 2. The molecular formula is C34H38N2O4. The molecule has 0 radical (unpaired) electrons. The van der Waals surface area contributed by atoms with E-state index in [1.807, 2.05) is 78.6 Å². The van der Waals surface area contributed by atoms with Gasteiger partial charge in [0.05, 0.1) is 22.2 Å². The quantitative estimate of drug-likeness (QED) is 0.266. The van der Waals surface area contributed by atoms with E-state index < -0.39 is 23.1 Å². The highest BCUT2D eigenvalue weighted by Gasteiger charge is 2.41. The third-order valence-electron chi connectivity index (χ3n) is 10.1. The number of fused-ring (bicyclic) bond motifs is 2. The van der Waals surface area contributed by atoms with Crippen molar-refractivity contribution in [3.8, 4) is 0 Å². The Hall–Kier alpha value is -4.06. The summed E-state index contributed by atoms with van der Waals surface area (Å²) in [6.45, 7) is 20.1. The highest BCUT2D eigenvalue weighted by Crippen LogP contribution is 2.45. The van der Waals surface area contributed by atoms with Gasteiger partial charge in [0.2, 0.25) is 11.6 Å². The van der Waals surface area contributed by atoms with Gasteiger partial charge in [-0.25, -0.2) is 0 Å². The first-order valence-electron chi connectivity index (χ1n) is 13.6. The average molecular weight is 539 g/mol. The first-order valence-corrected chi connectivity index (χ1v) is 13.6. The molecule has 1 aliphatic carbocycles. The Morgan fingerprint density at radius 1 is 0.450 bits per heavy atom. The Morgan fingerprint density at radius 3 is 1.02 bits per heavy atom. The lowest BCUT2D eigenvalue weighted by atomic mass is 9.82. The molecule has 1 aliphatic rings. The first-order chi connectivity index (χ1) is 18.6. The van der Waals surface area contributed by atoms with Crippen molar-refractivity contribution in [2.45, 2.75) is 69.2 Å². The number of Topliss-reactive ketones (excluding diaryl/α,β-unsaturated/α-hetero) is 2. The lowest BCUT2D eigenvalue weighted by molar-refractivity contribution is -0.116. The van der Waals surface area contributed by atoms with E-state index in [4.69, 9.17) is 0 Å². The van der Waals surface area contributed by atoms with Crippen LogP contribution < -0.4 is 0 Å². The Bertz CT molecular complexity index is 1810. The smallest absolute Gasteiger partial charge is 0.232 e. The van der Waals surface area contributed by atoms with Gasteiger partial charge in [-0.05, 0) is 114 Å². The molecule has 0 saturated heterocycles. The summed E-state index contributed by atoms with van der Waals surface area (Å²) in [4.78, 5) is 28.1. The molecule has 0 amide bonds. The van der Waals surface area contributed by atoms with Crippen LogP contribution in [0.3, 0.4) is 0 Å². The van der Waals surface area contributed by atoms with Crippen molar-refractivity contribution in [2.75, 3.05) is 0 Å². The molecule has 40 heavy (non-hydrogen) atoms. The predicted molar refractivity (Wildman–Crippen MR) is 162 cm³/mol. The lowest BCUT2D eigenvalue weighted by Gasteiger charge is -2.20. The topological polar surface area (TPSA) is 84.5 Å². The van der Waals surface area contributed by atoms with Gasteiger partial charge in [-0.15, -0.1) is 0 Å². The van der Waals surface area contributed by atoms with E-state index in [-0.39, 0.29) is 11.1 Å². The minimum Gasteiger partial charge on any atom is -0.504 e. The third kappa shape index (κ3) is 3.16. The van der Waals surface area contributed by atoms with Crippen LogP contribution in [0.5, 0.6) is 0 Å². The summed E-state index contributed by atoms with van der Waals surface area (Å²) in [6.07, 6.45) is 0. The zero-order valence-electron chi connectivity index (χ0n) is 25.6. The minimum absolute atomic E-state index is 0.141. The molecule has 0 spiro atoms. The molecule has 0 fully saturated rings. The Labute approximate surface area is 235 Å². The van der Waals surface area contributed by atoms with Crippen molar-refractivity contribution in [2.24, 2.45) is 14.1 Å². The summed E-state index contributed by atoms with van der Waals surface area (Å²) >= 11 is 0. The van der Waals surface area contributed by atoms with Crippen molar-refractivity contribution in [3.05, 3.63) is 78.5 Å². The molecule has 2 heterocycles. The van der Waals surface area contributed by atoms with Gasteiger partial charge in [-0.1, -0.05) is 0 Å². The molecule has 0 aliphatic heterocycles. The summed E-state index contributed by atoms with van der Waals surface area (Å²) in [5.74, 6) is -2.74. The van der Waals surface area contributed by atoms with Crippen molar-refractivity contribution in [1.29, 1.82) is 0 Å². The van der Waals surface area contributed by atoms with E-state index >= 15 is 0 Å². The minimum atomic E-state index is -0.743. The second-order valence-corrected chi connectivity index (χ2v) is 11.6. The number of hydrogen-bond donors (Lipinski definition) is 2. The second kappa shape index (κ2) is 8.72. The van der Waals surface area contributed by atoms with Crippen LogP contribution in [0, 0.1) is 69.2 Å². The molecular weight excluding hydrogens is 500 g/mol. The predicted octanol–water partition coefficient (Wildman–Crippen LogP) is 7.14. The molecule has 0 bridgehead atoms. The van der Waals surface area contributed by atoms with Crippen LogP contribution in [0.1, 0.15) is 67.0 Å². The molecule has 4 aromatic rings. The number of aliphatic hydroxyl groups excluding tert-OH is 2. The van der Waals surface area contributed by atoms with E-state index in [2.05, 4.69) is 13.8 Å². The van der Waals surface area contributed by atoms with E-state index in [1.54, 1.807) is 0 Å². The summed E-state index contributed by atoms with van der Waals surface area (Å²) in [5, 5.41) is 24.7. The van der Waals surface area contributed by atoms with Gasteiger partial charge < -0.3 is 19.3 Å². The zero-order chi connectivity index (χ0) is 29.9. The van der Waals surface area contributed by atoms with Crippen molar-refractivity contribution < 1.29 is 19.8 Å². The summed E-state index contributed by atoms with van der Waals surface area (Å²) in [7, 11) is 3.84. The monoisotopic (exact) mass is 538 g/mol. The summed E-state index contributed by atoms with van der Waals surface area (Å²) < 4.78 is 4.00. The fourth-order valence-electron chi connectivity index (χ4n) is 6.82. The zero-order valence-corrected chi connectivity index (χ0v) is 25.6. The van der Waals surface area contributed by atoms with Crippen LogP contribution in [0.2, 0.25) is 0 Å². The van der Waals surface area contributed by atoms with Crippen molar-refractivity contribution in [1.82, 2.24) is 9.13 Å². The van der Waals surface area contributed by atoms with Gasteiger partial charge in [0, 0.05) is 47.4 Å². The summed E-state index contributed by atoms with van der Waals surface area (Å²) in [6, 6.07) is 0. The van der Waals surface area contributed by atoms with Gasteiger partial charge in [-0.3, -0.25) is 9.59 Å². The fraction of sp³-hybridized carbons (Fsp3) is 0.353. The number of carbonyl (C=O) groups excluding carboxylic acids is 2. The molecule has 0 saturated carbocycles. The Morgan fingerprint density at radius 2 is 0.725 bits per heavy atom. The van der Waals surface area contributed by atoms with Crippen molar-refractivity contribution in [3.63, 3.8) is 0 Å². The number of benzene rings is 2. The van der Waals surface area contributed by atoms with Crippen LogP contribution in [-0.4, -0.2) is 30.9 Å². The fourth-order valence-corrected chi connectivity index (χ4v) is 6.82. The van der Waals surface area contributed by atoms with Gasteiger partial charge >= 0.3 is 0 Å². The van der Waals surface area contributed by atoms with E-state index in [0.717, 1.165) is 77.7 Å². The van der Waals surface area contributed by atoms with Gasteiger partial charge in [0.25, 0.3) is 0 Å². The van der Waals surface area contributed by atoms with E-state index in [9.17, 15) is 19.8 Å². The number of rotatable bonds is 2. The van der Waals surface area contributed by atoms with Gasteiger partial charge in [0.1, 0.15) is 0 Å². The highest BCUT2D eigenvalue weighted by molar-refractivity contribution is 6.48. The third-order valence-corrected chi connectivity index (χ3v) is 10.1. The van der Waals surface area contributed by atoms with Crippen molar-refractivity contribution >= 4 is 44.5 Å². The normalized spacial score (nSPS) is 14.6. The van der Waals surface area contributed by atoms with E-state index in [0.29, 0.717) is 11.1 Å². The lowest BCUT2D eigenvalue weighted by Crippen LogP contribution is -2.23.